The summed E-state index contributed by atoms with van der Waals surface area (Å²) >= 11 is 0. The first-order chi connectivity index (χ1) is 14.4. The van der Waals surface area contributed by atoms with Crippen LogP contribution in [0.4, 0.5) is 5.82 Å². The van der Waals surface area contributed by atoms with Gasteiger partial charge < -0.3 is 9.15 Å². The van der Waals surface area contributed by atoms with Gasteiger partial charge in [-0.25, -0.2) is 4.63 Å². The van der Waals surface area contributed by atoms with E-state index in [1.165, 1.54) is 0 Å². The van der Waals surface area contributed by atoms with Gasteiger partial charge >= 0.3 is 0 Å². The lowest BCUT2D eigenvalue weighted by atomic mass is 10.1. The third-order valence-corrected chi connectivity index (χ3v) is 5.05. The molecule has 0 bridgehead atoms. The van der Waals surface area contributed by atoms with Crippen LogP contribution in [0.3, 0.4) is 0 Å². The molecule has 0 unspecified atom stereocenters. The molecule has 0 aliphatic carbocycles. The van der Waals surface area contributed by atoms with Crippen molar-refractivity contribution in [3.05, 3.63) is 69.1 Å². The minimum atomic E-state index is -0.627. The molecule has 8 heteroatoms. The highest BCUT2D eigenvalue weighted by Gasteiger charge is 2.20. The topological polar surface area (TPSA) is 107 Å². The number of amides is 1. The molecular formula is C22H19N3O5. The average Bonchev–Trinajstić information content (AvgIpc) is 3.18. The van der Waals surface area contributed by atoms with Crippen LogP contribution in [0.15, 0.2) is 50.2 Å². The summed E-state index contributed by atoms with van der Waals surface area (Å²) in [4.78, 5) is 25.3. The van der Waals surface area contributed by atoms with Crippen molar-refractivity contribution in [2.75, 3.05) is 12.4 Å². The first-order valence-electron chi connectivity index (χ1n) is 9.22. The van der Waals surface area contributed by atoms with Crippen molar-refractivity contribution in [1.82, 2.24) is 10.3 Å². The SMILES string of the molecule is COc1ccc(-c2nonc2NC(=O)c2cc(=O)c3ccc(C)c(C)c3o2)c(C)c1. The Morgan fingerprint density at radius 3 is 2.57 bits per heavy atom. The molecule has 2 heterocycles. The van der Waals surface area contributed by atoms with E-state index in [0.29, 0.717) is 22.4 Å². The van der Waals surface area contributed by atoms with Gasteiger partial charge in [-0.2, -0.15) is 0 Å². The summed E-state index contributed by atoms with van der Waals surface area (Å²) in [7, 11) is 1.58. The second kappa shape index (κ2) is 7.47. The smallest absolute Gasteiger partial charge is 0.292 e. The molecular weight excluding hydrogens is 386 g/mol. The van der Waals surface area contributed by atoms with E-state index in [1.807, 2.05) is 32.9 Å². The Labute approximate surface area is 171 Å². The highest BCUT2D eigenvalue weighted by atomic mass is 16.6. The monoisotopic (exact) mass is 405 g/mol. The number of ether oxygens (including phenoxy) is 1. The quantitative estimate of drug-likeness (QED) is 0.546. The summed E-state index contributed by atoms with van der Waals surface area (Å²) in [6.45, 7) is 5.63. The summed E-state index contributed by atoms with van der Waals surface area (Å²) in [5, 5.41) is 10.7. The zero-order valence-electron chi connectivity index (χ0n) is 16.9. The molecule has 2 aromatic heterocycles. The molecule has 0 aliphatic heterocycles. The van der Waals surface area contributed by atoms with E-state index in [-0.39, 0.29) is 17.0 Å². The highest BCUT2D eigenvalue weighted by molar-refractivity contribution is 6.04. The van der Waals surface area contributed by atoms with Gasteiger partial charge in [-0.15, -0.1) is 0 Å². The van der Waals surface area contributed by atoms with Crippen molar-refractivity contribution >= 4 is 22.7 Å². The number of aryl methyl sites for hydroxylation is 3. The van der Waals surface area contributed by atoms with Crippen molar-refractivity contribution in [2.24, 2.45) is 0 Å². The molecule has 0 spiro atoms. The molecule has 4 aromatic rings. The lowest BCUT2D eigenvalue weighted by Crippen LogP contribution is -2.16. The number of rotatable bonds is 4. The lowest BCUT2D eigenvalue weighted by Gasteiger charge is -2.08. The predicted molar refractivity (Wildman–Crippen MR) is 111 cm³/mol. The summed E-state index contributed by atoms with van der Waals surface area (Å²) < 4.78 is 15.8. The Kier molecular flexibility index (Phi) is 4.83. The number of methoxy groups -OCH3 is 1. The predicted octanol–water partition coefficient (Wildman–Crippen LogP) is 4.03. The Morgan fingerprint density at radius 2 is 1.83 bits per heavy atom. The van der Waals surface area contributed by atoms with E-state index >= 15 is 0 Å². The molecule has 0 saturated heterocycles. The highest BCUT2D eigenvalue weighted by Crippen LogP contribution is 2.30. The van der Waals surface area contributed by atoms with Crippen molar-refractivity contribution in [3.8, 4) is 17.0 Å². The first kappa shape index (κ1) is 19.4. The largest absolute Gasteiger partial charge is 0.497 e. The van der Waals surface area contributed by atoms with E-state index in [0.717, 1.165) is 28.3 Å². The Bertz CT molecular complexity index is 1340. The first-order valence-corrected chi connectivity index (χ1v) is 9.22. The molecule has 0 fully saturated rings. The Morgan fingerprint density at radius 1 is 1.03 bits per heavy atom. The lowest BCUT2D eigenvalue weighted by molar-refractivity contribution is 0.0996. The van der Waals surface area contributed by atoms with Gasteiger partial charge in [0, 0.05) is 11.6 Å². The van der Waals surface area contributed by atoms with Gasteiger partial charge in [-0.3, -0.25) is 14.9 Å². The number of hydrogen-bond donors (Lipinski definition) is 1. The molecule has 1 N–H and O–H groups in total. The van der Waals surface area contributed by atoms with E-state index in [1.54, 1.807) is 25.3 Å². The molecule has 1 amide bonds. The van der Waals surface area contributed by atoms with Crippen molar-refractivity contribution in [1.29, 1.82) is 0 Å². The second-order valence-electron chi connectivity index (χ2n) is 6.96. The van der Waals surface area contributed by atoms with Crippen LogP contribution in [-0.4, -0.2) is 23.3 Å². The number of nitrogens with zero attached hydrogens (tertiary/aromatic N) is 2. The standard InChI is InChI=1S/C22H19N3O5/c1-11-5-7-16-17(26)10-18(29-20(16)13(11)3)22(27)23-21-19(24-30-25-21)15-8-6-14(28-4)9-12(15)2/h5-10H,1-4H3,(H,23,25,27). The van der Waals surface area contributed by atoms with Crippen LogP contribution in [0.1, 0.15) is 27.2 Å². The van der Waals surface area contributed by atoms with Gasteiger partial charge in [0.1, 0.15) is 11.3 Å². The number of fused-ring (bicyclic) bond motifs is 1. The summed E-state index contributed by atoms with van der Waals surface area (Å²) in [5.74, 6) is 0.0680. The maximum absolute atomic E-state index is 12.8. The van der Waals surface area contributed by atoms with E-state index < -0.39 is 5.91 Å². The summed E-state index contributed by atoms with van der Waals surface area (Å²) in [6.07, 6.45) is 0. The molecule has 0 radical (unpaired) electrons. The normalized spacial score (nSPS) is 10.9. The maximum Gasteiger partial charge on any atom is 0.292 e. The molecule has 0 atom stereocenters. The zero-order chi connectivity index (χ0) is 21.4. The van der Waals surface area contributed by atoms with Gasteiger partial charge in [-0.05, 0) is 72.0 Å². The minimum Gasteiger partial charge on any atom is -0.497 e. The van der Waals surface area contributed by atoms with Crippen LogP contribution >= 0.6 is 0 Å². The van der Waals surface area contributed by atoms with Gasteiger partial charge in [0.15, 0.2) is 16.9 Å². The van der Waals surface area contributed by atoms with Crippen LogP contribution in [0.5, 0.6) is 5.75 Å². The fraction of sp³-hybridized carbons (Fsp3) is 0.182. The zero-order valence-corrected chi connectivity index (χ0v) is 16.9. The number of carbonyl (C=O) groups excluding carboxylic acids is 1. The summed E-state index contributed by atoms with van der Waals surface area (Å²) in [6, 6.07) is 10.1. The minimum absolute atomic E-state index is 0.122. The molecule has 152 valence electrons. The van der Waals surface area contributed by atoms with E-state index in [2.05, 4.69) is 15.6 Å². The molecule has 8 nitrogen and oxygen atoms in total. The van der Waals surface area contributed by atoms with Crippen molar-refractivity contribution in [2.45, 2.75) is 20.8 Å². The Balaban J connectivity index is 1.70. The van der Waals surface area contributed by atoms with Crippen LogP contribution < -0.4 is 15.5 Å². The van der Waals surface area contributed by atoms with E-state index in [4.69, 9.17) is 13.8 Å². The van der Waals surface area contributed by atoms with Crippen LogP contribution in [0.2, 0.25) is 0 Å². The Hall–Kier alpha value is -3.94. The third kappa shape index (κ3) is 3.32. The number of anilines is 1. The van der Waals surface area contributed by atoms with E-state index in [9.17, 15) is 9.59 Å². The summed E-state index contributed by atoms with van der Waals surface area (Å²) in [5.41, 5.74) is 3.80. The van der Waals surface area contributed by atoms with Crippen molar-refractivity contribution in [3.63, 3.8) is 0 Å². The van der Waals surface area contributed by atoms with Crippen molar-refractivity contribution < 1.29 is 18.6 Å². The van der Waals surface area contributed by atoms with Gasteiger partial charge in [0.25, 0.3) is 5.91 Å². The fourth-order valence-corrected chi connectivity index (χ4v) is 3.21. The molecule has 4 rings (SSSR count). The maximum atomic E-state index is 12.8. The van der Waals surface area contributed by atoms with Crippen LogP contribution in [0.25, 0.3) is 22.2 Å². The second-order valence-corrected chi connectivity index (χ2v) is 6.96. The van der Waals surface area contributed by atoms with Gasteiger partial charge in [0.05, 0.1) is 12.5 Å². The number of carbonyl (C=O) groups is 1. The average molecular weight is 405 g/mol. The number of benzene rings is 2. The number of aromatic nitrogens is 2. The number of nitrogens with one attached hydrogen (secondary N) is 1. The third-order valence-electron chi connectivity index (χ3n) is 5.05. The molecule has 2 aromatic carbocycles. The van der Waals surface area contributed by atoms with Crippen LogP contribution in [-0.2, 0) is 0 Å². The molecule has 0 aliphatic rings. The van der Waals surface area contributed by atoms with Crippen LogP contribution in [0, 0.1) is 20.8 Å². The van der Waals surface area contributed by atoms with Gasteiger partial charge in [0.2, 0.25) is 5.82 Å². The molecule has 30 heavy (non-hydrogen) atoms. The fourth-order valence-electron chi connectivity index (χ4n) is 3.21. The van der Waals surface area contributed by atoms with Gasteiger partial charge in [-0.1, -0.05) is 6.07 Å². The number of hydrogen-bond acceptors (Lipinski definition) is 7. The molecule has 0 saturated carbocycles.